The van der Waals surface area contributed by atoms with E-state index in [1.54, 1.807) is 0 Å². The molecule has 0 N–H and O–H groups in total. The van der Waals surface area contributed by atoms with Crippen LogP contribution in [-0.4, -0.2) is 54.1 Å². The molecule has 3 rings (SSSR count). The van der Waals surface area contributed by atoms with Gasteiger partial charge >= 0.3 is 130 Å². The molecule has 1 aliphatic heterocycles. The van der Waals surface area contributed by atoms with Gasteiger partial charge in [-0.2, -0.15) is 0 Å². The minimum atomic E-state index is 0.803. The van der Waals surface area contributed by atoms with Crippen LogP contribution in [0.15, 0.2) is 30.7 Å². The molecule has 0 saturated heterocycles. The van der Waals surface area contributed by atoms with Gasteiger partial charge < -0.3 is 0 Å². The Labute approximate surface area is 130 Å². The molecule has 0 bridgehead atoms. The van der Waals surface area contributed by atoms with Crippen molar-refractivity contribution in [1.29, 1.82) is 0 Å². The topological polar surface area (TPSA) is 24.3 Å². The first kappa shape index (κ1) is 13.0. The summed E-state index contributed by atoms with van der Waals surface area (Å²) in [6.45, 7) is 2.02. The second-order valence-electron chi connectivity index (χ2n) is 5.19. The van der Waals surface area contributed by atoms with E-state index < -0.39 is 0 Å². The third kappa shape index (κ3) is 2.63. The zero-order valence-corrected chi connectivity index (χ0v) is 15.9. The quantitative estimate of drug-likeness (QED) is 0.669. The van der Waals surface area contributed by atoms with E-state index in [2.05, 4.69) is 55.7 Å². The van der Waals surface area contributed by atoms with E-state index in [1.165, 1.54) is 22.6 Å². The van der Waals surface area contributed by atoms with Crippen LogP contribution in [0.3, 0.4) is 0 Å². The fourth-order valence-corrected chi connectivity index (χ4v) is 3.46. The van der Waals surface area contributed by atoms with Gasteiger partial charge in [0.05, 0.1) is 0 Å². The number of nitrogens with zero attached hydrogens (tertiary/aromatic N) is 4. The Hall–Kier alpha value is -1.05. The Morgan fingerprint density at radius 3 is 2.89 bits per heavy atom. The number of anilines is 2. The normalized spacial score (nSPS) is 13.6. The number of hydrogen-bond donors (Lipinski definition) is 0. The van der Waals surface area contributed by atoms with Crippen LogP contribution >= 0.6 is 0 Å². The zero-order valence-electron chi connectivity index (χ0n) is 11.4. The standard InChI is InChI=1S/C14H17N4.Tl/c1-17(2)13-4-3-11-5-6-18(14(11)7-13)9-12-8-15-10-16-12;/h3-4,7-8,10H,5-6,9H2,1-2H3;/q-1;+1. The van der Waals surface area contributed by atoms with Crippen LogP contribution < -0.4 is 9.80 Å². The second kappa shape index (κ2) is 5.15. The van der Waals surface area contributed by atoms with Crippen molar-refractivity contribution in [3.8, 4) is 0 Å². The number of hydrogen-bond acceptors (Lipinski definition) is 3. The molecule has 2 aromatic rings. The molecule has 2 heterocycles. The van der Waals surface area contributed by atoms with Crippen LogP contribution in [0, 0.1) is 0 Å². The summed E-state index contributed by atoms with van der Waals surface area (Å²) in [5, 5.41) is 0. The number of rotatable bonds is 3. The Balaban J connectivity index is 1.86. The van der Waals surface area contributed by atoms with Crippen molar-refractivity contribution in [2.75, 3.05) is 30.4 Å². The van der Waals surface area contributed by atoms with Gasteiger partial charge in [0.1, 0.15) is 0 Å². The first-order valence-electron chi connectivity index (χ1n) is 6.46. The Bertz CT molecular complexity index is 591. The van der Waals surface area contributed by atoms with E-state index in [0.717, 1.165) is 45.6 Å². The van der Waals surface area contributed by atoms with E-state index in [4.69, 9.17) is 0 Å². The summed E-state index contributed by atoms with van der Waals surface area (Å²) in [5.41, 5.74) is 5.26. The van der Waals surface area contributed by atoms with Crippen molar-refractivity contribution in [3.05, 3.63) is 42.0 Å². The Morgan fingerprint density at radius 1 is 1.37 bits per heavy atom. The molecule has 0 fully saturated rings. The van der Waals surface area contributed by atoms with Crippen molar-refractivity contribution in [3.63, 3.8) is 0 Å². The first-order chi connectivity index (χ1) is 9.13. The van der Waals surface area contributed by atoms with Crippen LogP contribution in [0.2, 0.25) is 0 Å². The molecule has 19 heavy (non-hydrogen) atoms. The zero-order chi connectivity index (χ0) is 13.4. The average molecular weight is 446 g/mol. The van der Waals surface area contributed by atoms with Gasteiger partial charge in [-0.3, -0.25) is 0 Å². The maximum absolute atomic E-state index is 4.46. The number of imidazole rings is 1. The van der Waals surface area contributed by atoms with Crippen molar-refractivity contribution in [1.82, 2.24) is 7.36 Å². The fraction of sp³-hybridized carbons (Fsp3) is 0.357. The SMILES string of the molecule is CN(C)c1ccc2c(c1)N(Cc1c[n]([Tl])cn1)CC2. The molecule has 0 unspecified atom stereocenters. The monoisotopic (exact) mass is 446 g/mol. The molecule has 0 spiro atoms. The molecular formula is C14H17N4Tl. The van der Waals surface area contributed by atoms with Gasteiger partial charge in [-0.25, -0.2) is 0 Å². The van der Waals surface area contributed by atoms with E-state index in [1.807, 2.05) is 6.33 Å². The summed E-state index contributed by atoms with van der Waals surface area (Å²) < 4.78 is 2.17. The summed E-state index contributed by atoms with van der Waals surface area (Å²) >= 11 is 0.803. The van der Waals surface area contributed by atoms with E-state index in [-0.39, 0.29) is 0 Å². The third-order valence-corrected chi connectivity index (χ3v) is 4.68. The number of benzene rings is 1. The molecule has 96 valence electrons. The summed E-state index contributed by atoms with van der Waals surface area (Å²) in [6, 6.07) is 6.76. The predicted molar refractivity (Wildman–Crippen MR) is 78.9 cm³/mol. The summed E-state index contributed by atoms with van der Waals surface area (Å²) in [6.07, 6.45) is 5.25. The molecule has 0 aliphatic carbocycles. The van der Waals surface area contributed by atoms with Crippen LogP contribution in [-0.2, 0) is 13.0 Å². The molecule has 1 aliphatic rings. The van der Waals surface area contributed by atoms with Gasteiger partial charge in [0.25, 0.3) is 0 Å². The van der Waals surface area contributed by atoms with Crippen LogP contribution in [0.1, 0.15) is 11.3 Å². The van der Waals surface area contributed by atoms with Crippen molar-refractivity contribution < 1.29 is 0 Å². The van der Waals surface area contributed by atoms with Gasteiger partial charge in [-0.05, 0) is 0 Å². The molecule has 5 heteroatoms. The minimum absolute atomic E-state index is 0.803. The fourth-order valence-electron chi connectivity index (χ4n) is 2.53. The van der Waals surface area contributed by atoms with E-state index >= 15 is 0 Å². The van der Waals surface area contributed by atoms with Crippen LogP contribution in [0.25, 0.3) is 0 Å². The van der Waals surface area contributed by atoms with Gasteiger partial charge in [0.2, 0.25) is 0 Å². The predicted octanol–water partition coefficient (Wildman–Crippen LogP) is 1.44. The maximum atomic E-state index is 4.46. The molecule has 0 amide bonds. The van der Waals surface area contributed by atoms with Crippen LogP contribution in [0.5, 0.6) is 0 Å². The van der Waals surface area contributed by atoms with E-state index in [9.17, 15) is 0 Å². The second-order valence-corrected chi connectivity index (χ2v) is 7.51. The van der Waals surface area contributed by atoms with Gasteiger partial charge in [0, 0.05) is 0 Å². The average Bonchev–Trinajstić information content (AvgIpc) is 2.96. The Kier molecular flexibility index (Phi) is 3.51. The molecule has 0 atom stereocenters. The summed E-state index contributed by atoms with van der Waals surface area (Å²) in [4.78, 5) is 9.06. The Morgan fingerprint density at radius 2 is 2.21 bits per heavy atom. The number of aromatic nitrogens is 2. The van der Waals surface area contributed by atoms with Gasteiger partial charge in [-0.1, -0.05) is 0 Å². The molecule has 4 nitrogen and oxygen atoms in total. The van der Waals surface area contributed by atoms with Crippen LogP contribution in [0.4, 0.5) is 11.4 Å². The summed E-state index contributed by atoms with van der Waals surface area (Å²) in [7, 11) is 4.18. The molecule has 1 aromatic heterocycles. The van der Waals surface area contributed by atoms with Crippen molar-refractivity contribution in [2.24, 2.45) is 0 Å². The van der Waals surface area contributed by atoms with Gasteiger partial charge in [0.15, 0.2) is 0 Å². The molecule has 0 radical (unpaired) electrons. The van der Waals surface area contributed by atoms with Crippen molar-refractivity contribution >= 4 is 37.4 Å². The number of fused-ring (bicyclic) bond motifs is 1. The molecule has 0 saturated carbocycles. The van der Waals surface area contributed by atoms with E-state index in [0.29, 0.717) is 0 Å². The van der Waals surface area contributed by atoms with Gasteiger partial charge in [-0.15, -0.1) is 0 Å². The molecular weight excluding hydrogens is 429 g/mol. The molecule has 1 aromatic carbocycles. The third-order valence-electron chi connectivity index (χ3n) is 3.58. The first-order valence-corrected chi connectivity index (χ1v) is 8.47. The van der Waals surface area contributed by atoms with Crippen molar-refractivity contribution in [2.45, 2.75) is 13.0 Å². The summed E-state index contributed by atoms with van der Waals surface area (Å²) in [5.74, 6) is 0.